The number of carbonyl (C=O) groups excluding carboxylic acids is 2. The maximum Gasteiger partial charge on any atom is 0.309 e. The van der Waals surface area contributed by atoms with Gasteiger partial charge in [-0.3, -0.25) is 19.7 Å². The third-order valence-electron chi connectivity index (χ3n) is 5.39. The van der Waals surface area contributed by atoms with E-state index in [1.54, 1.807) is 12.1 Å². The van der Waals surface area contributed by atoms with Gasteiger partial charge in [-0.05, 0) is 36.2 Å². The summed E-state index contributed by atoms with van der Waals surface area (Å²) in [5.74, 6) is -0.698. The molecule has 0 saturated carbocycles. The number of rotatable bonds is 10. The van der Waals surface area contributed by atoms with Crippen molar-refractivity contribution < 1.29 is 37.1 Å². The Morgan fingerprint density at radius 2 is 1.75 bits per heavy atom. The minimum Gasteiger partial charge on any atom is -0.493 e. The molecule has 2 amide bonds. The average Bonchev–Trinajstić information content (AvgIpc) is 3.36. The summed E-state index contributed by atoms with van der Waals surface area (Å²) < 4.78 is 42.7. The highest BCUT2D eigenvalue weighted by molar-refractivity contribution is 7.89. The molecule has 0 radical (unpaired) electrons. The van der Waals surface area contributed by atoms with Crippen molar-refractivity contribution in [2.75, 3.05) is 40.5 Å². The lowest BCUT2D eigenvalue weighted by atomic mass is 10.1. The zero-order valence-corrected chi connectivity index (χ0v) is 20.4. The molecule has 0 bridgehead atoms. The summed E-state index contributed by atoms with van der Waals surface area (Å²) in [6.07, 6.45) is -0.597. The van der Waals surface area contributed by atoms with E-state index < -0.39 is 33.0 Å². The van der Waals surface area contributed by atoms with Gasteiger partial charge in [-0.1, -0.05) is 6.07 Å². The molecule has 1 heterocycles. The number of non-ortho nitro benzene ring substituents is 1. The van der Waals surface area contributed by atoms with E-state index in [0.717, 1.165) is 34.1 Å². The highest BCUT2D eigenvalue weighted by Gasteiger charge is 2.37. The van der Waals surface area contributed by atoms with E-state index in [0.29, 0.717) is 17.9 Å². The van der Waals surface area contributed by atoms with Crippen molar-refractivity contribution in [3.63, 3.8) is 0 Å². The second kappa shape index (κ2) is 11.8. The van der Waals surface area contributed by atoms with Crippen LogP contribution in [-0.4, -0.2) is 76.1 Å². The van der Waals surface area contributed by atoms with E-state index in [1.807, 2.05) is 6.07 Å². The number of carbonyl (C=O) groups is 2. The Labute approximate surface area is 207 Å². The summed E-state index contributed by atoms with van der Waals surface area (Å²) in [7, 11) is -1.00. The molecule has 1 aliphatic rings. The molecule has 2 aromatic rings. The fourth-order valence-electron chi connectivity index (χ4n) is 3.51. The van der Waals surface area contributed by atoms with E-state index in [4.69, 9.17) is 14.2 Å². The lowest BCUT2D eigenvalue weighted by Gasteiger charge is -2.22. The van der Waals surface area contributed by atoms with Crippen LogP contribution in [0.5, 0.6) is 11.5 Å². The van der Waals surface area contributed by atoms with E-state index in [9.17, 15) is 28.1 Å². The Morgan fingerprint density at radius 3 is 2.39 bits per heavy atom. The van der Waals surface area contributed by atoms with Crippen LogP contribution in [0.4, 0.5) is 5.69 Å². The van der Waals surface area contributed by atoms with E-state index >= 15 is 0 Å². The fourth-order valence-corrected chi connectivity index (χ4v) is 5.02. The molecule has 0 aromatic heterocycles. The van der Waals surface area contributed by atoms with Crippen LogP contribution < -0.4 is 20.1 Å². The van der Waals surface area contributed by atoms with Gasteiger partial charge in [0.15, 0.2) is 11.5 Å². The third-order valence-corrected chi connectivity index (χ3v) is 7.29. The molecule has 0 spiro atoms. The Balaban J connectivity index is 1.51. The maximum atomic E-state index is 12.9. The highest BCUT2D eigenvalue weighted by Crippen LogP contribution is 2.27. The van der Waals surface area contributed by atoms with Crippen molar-refractivity contribution in [3.8, 4) is 11.5 Å². The van der Waals surface area contributed by atoms with Crippen molar-refractivity contribution in [1.29, 1.82) is 0 Å². The first-order valence-electron chi connectivity index (χ1n) is 10.8. The van der Waals surface area contributed by atoms with E-state index in [1.165, 1.54) is 14.2 Å². The molecule has 194 valence electrons. The minimum absolute atomic E-state index is 0.0252. The van der Waals surface area contributed by atoms with Crippen LogP contribution in [0.3, 0.4) is 0 Å². The fraction of sp³-hybridized carbons (Fsp3) is 0.364. The average molecular weight is 523 g/mol. The molecule has 1 saturated heterocycles. The number of hydrogen-bond acceptors (Lipinski definition) is 9. The van der Waals surface area contributed by atoms with Crippen LogP contribution in [-0.2, 0) is 30.8 Å². The molecule has 2 aromatic carbocycles. The summed E-state index contributed by atoms with van der Waals surface area (Å²) in [5.41, 5.74) is 0.618. The van der Waals surface area contributed by atoms with Crippen LogP contribution in [0.2, 0.25) is 0 Å². The first-order valence-corrected chi connectivity index (χ1v) is 12.3. The van der Waals surface area contributed by atoms with E-state index in [-0.39, 0.29) is 36.8 Å². The van der Waals surface area contributed by atoms with Gasteiger partial charge in [0.05, 0.1) is 37.2 Å². The van der Waals surface area contributed by atoms with Crippen LogP contribution in [0.15, 0.2) is 47.4 Å². The quantitative estimate of drug-likeness (QED) is 0.256. The van der Waals surface area contributed by atoms with Crippen LogP contribution >= 0.6 is 0 Å². The third kappa shape index (κ3) is 6.27. The van der Waals surface area contributed by atoms with E-state index in [2.05, 4.69) is 10.6 Å². The zero-order valence-electron chi connectivity index (χ0n) is 19.6. The molecule has 1 atom stereocenters. The molecule has 2 N–H and O–H groups in total. The number of nitro benzene ring substituents is 1. The number of hydrogen-bond donors (Lipinski definition) is 2. The molecule has 0 unspecified atom stereocenters. The van der Waals surface area contributed by atoms with Crippen molar-refractivity contribution in [2.24, 2.45) is 0 Å². The molecule has 36 heavy (non-hydrogen) atoms. The number of benzene rings is 2. The standard InChI is InChI=1S/C22H26N4O9S/c1-33-18-8-3-15(13-19(18)34-2)9-10-23-21(27)22(28)24-14-20-25(11-12-35-20)36(31,32)17-6-4-16(5-7-17)26(29)30/h3-8,13,20H,9-12,14H2,1-2H3,(H,23,27)(H,24,28)/t20-/m0/s1. The number of nitrogens with zero attached hydrogens (tertiary/aromatic N) is 2. The Kier molecular flexibility index (Phi) is 8.79. The Bertz CT molecular complexity index is 1220. The van der Waals surface area contributed by atoms with Gasteiger partial charge in [-0.2, -0.15) is 4.31 Å². The molecule has 13 nitrogen and oxygen atoms in total. The van der Waals surface area contributed by atoms with Crippen LogP contribution in [0, 0.1) is 10.1 Å². The second-order valence-corrected chi connectivity index (χ2v) is 9.49. The minimum atomic E-state index is -4.04. The predicted molar refractivity (Wildman–Crippen MR) is 126 cm³/mol. The monoisotopic (exact) mass is 522 g/mol. The van der Waals surface area contributed by atoms with Crippen LogP contribution in [0.1, 0.15) is 5.56 Å². The number of methoxy groups -OCH3 is 2. The number of nitro groups is 1. The van der Waals surface area contributed by atoms with Gasteiger partial charge in [0.2, 0.25) is 10.0 Å². The molecule has 1 fully saturated rings. The molecule has 1 aliphatic heterocycles. The van der Waals surface area contributed by atoms with Crippen molar-refractivity contribution in [2.45, 2.75) is 17.5 Å². The number of amides is 2. The van der Waals surface area contributed by atoms with Gasteiger partial charge in [0.1, 0.15) is 6.23 Å². The van der Waals surface area contributed by atoms with Crippen molar-refractivity contribution in [1.82, 2.24) is 14.9 Å². The molecular weight excluding hydrogens is 496 g/mol. The number of nitrogens with one attached hydrogen (secondary N) is 2. The van der Waals surface area contributed by atoms with Gasteiger partial charge in [-0.25, -0.2) is 8.42 Å². The van der Waals surface area contributed by atoms with Gasteiger partial charge >= 0.3 is 11.8 Å². The first-order chi connectivity index (χ1) is 17.2. The van der Waals surface area contributed by atoms with Gasteiger partial charge < -0.3 is 24.8 Å². The highest BCUT2D eigenvalue weighted by atomic mass is 32.2. The topological polar surface area (TPSA) is 166 Å². The number of sulfonamides is 1. The maximum absolute atomic E-state index is 12.9. The lowest BCUT2D eigenvalue weighted by molar-refractivity contribution is -0.384. The molecule has 3 rings (SSSR count). The summed E-state index contributed by atoms with van der Waals surface area (Å²) in [5, 5.41) is 15.7. The smallest absolute Gasteiger partial charge is 0.309 e. The second-order valence-electron chi connectivity index (χ2n) is 7.60. The molecule has 14 heteroatoms. The number of ether oxygens (including phenoxy) is 3. The van der Waals surface area contributed by atoms with Crippen molar-refractivity contribution in [3.05, 3.63) is 58.1 Å². The molecule has 0 aliphatic carbocycles. The Morgan fingerprint density at radius 1 is 1.08 bits per heavy atom. The molecular formula is C22H26N4O9S. The lowest BCUT2D eigenvalue weighted by Crippen LogP contribution is -2.47. The predicted octanol–water partition coefficient (Wildman–Crippen LogP) is 0.434. The van der Waals surface area contributed by atoms with Gasteiger partial charge in [0, 0.05) is 25.2 Å². The van der Waals surface area contributed by atoms with Crippen LogP contribution in [0.25, 0.3) is 0 Å². The normalized spacial score (nSPS) is 15.8. The first kappa shape index (κ1) is 26.8. The SMILES string of the molecule is COc1ccc(CCNC(=O)C(=O)NC[C@@H]2OCCN2S(=O)(=O)c2ccc([N+](=O)[O-])cc2)cc1OC. The Hall–Kier alpha value is -3.75. The van der Waals surface area contributed by atoms with Gasteiger partial charge in [0.25, 0.3) is 5.69 Å². The zero-order chi connectivity index (χ0) is 26.3. The summed E-state index contributed by atoms with van der Waals surface area (Å²) in [6, 6.07) is 9.76. The summed E-state index contributed by atoms with van der Waals surface area (Å²) >= 11 is 0. The van der Waals surface area contributed by atoms with Crippen molar-refractivity contribution >= 4 is 27.5 Å². The largest absolute Gasteiger partial charge is 0.493 e. The van der Waals surface area contributed by atoms with Gasteiger partial charge in [-0.15, -0.1) is 0 Å². The summed E-state index contributed by atoms with van der Waals surface area (Å²) in [6.45, 7) is 0.0398. The summed E-state index contributed by atoms with van der Waals surface area (Å²) in [4.78, 5) is 34.4.